The van der Waals surface area contributed by atoms with Gasteiger partial charge in [-0.15, -0.1) is 0 Å². The van der Waals surface area contributed by atoms with Crippen molar-refractivity contribution in [2.75, 3.05) is 7.11 Å². The molecule has 1 heterocycles. The Kier molecular flexibility index (Phi) is 6.66. The van der Waals surface area contributed by atoms with E-state index in [9.17, 15) is 4.79 Å². The normalized spacial score (nSPS) is 14.3. The first kappa shape index (κ1) is 22.3. The second kappa shape index (κ2) is 10.2. The van der Waals surface area contributed by atoms with Crippen LogP contribution in [-0.2, 0) is 13.1 Å². The van der Waals surface area contributed by atoms with Gasteiger partial charge in [-0.1, -0.05) is 67.8 Å². The van der Waals surface area contributed by atoms with Gasteiger partial charge in [-0.3, -0.25) is 4.79 Å². The van der Waals surface area contributed by atoms with Crippen molar-refractivity contribution in [3.8, 4) is 5.75 Å². The van der Waals surface area contributed by atoms with Gasteiger partial charge in [-0.2, -0.15) is 0 Å². The zero-order valence-corrected chi connectivity index (χ0v) is 19.8. The number of hydrogen-bond donors (Lipinski definition) is 0. The number of nitrogens with zero attached hydrogens (tertiary/aromatic N) is 2. The average molecular weight is 453 g/mol. The first-order valence-electron chi connectivity index (χ1n) is 12.3. The first-order chi connectivity index (χ1) is 16.7. The average Bonchev–Trinajstić information content (AvgIpc) is 3.33. The molecule has 174 valence electrons. The van der Waals surface area contributed by atoms with E-state index in [1.54, 1.807) is 7.11 Å². The molecule has 4 aromatic rings. The van der Waals surface area contributed by atoms with Crippen molar-refractivity contribution in [2.24, 2.45) is 0 Å². The minimum Gasteiger partial charge on any atom is -0.497 e. The number of rotatable bonds is 7. The molecule has 5 rings (SSSR count). The van der Waals surface area contributed by atoms with Gasteiger partial charge >= 0.3 is 0 Å². The number of aromatic nitrogens is 1. The summed E-state index contributed by atoms with van der Waals surface area (Å²) in [6.07, 6.45) is 7.90. The molecule has 3 aromatic carbocycles. The molecule has 1 aliphatic rings. The molecular weight excluding hydrogens is 420 g/mol. The third kappa shape index (κ3) is 4.72. The van der Waals surface area contributed by atoms with Crippen LogP contribution in [0.1, 0.15) is 53.7 Å². The van der Waals surface area contributed by atoms with E-state index in [1.807, 2.05) is 36.4 Å². The van der Waals surface area contributed by atoms with Crippen LogP contribution in [0.3, 0.4) is 0 Å². The summed E-state index contributed by atoms with van der Waals surface area (Å²) in [5.74, 6) is 0.999. The standard InChI is InChI=1S/C30H32N2O2/c1-34-27-16-7-10-23(20-27)21-31-19-9-15-26(31)22-32(25-13-3-2-4-14-25)30(33)29-18-8-12-24-11-5-6-17-28(24)29/h5-12,15-20,25H,2-4,13-14,21-22H2,1H3. The minimum absolute atomic E-state index is 0.137. The summed E-state index contributed by atoms with van der Waals surface area (Å²) in [7, 11) is 1.70. The monoisotopic (exact) mass is 452 g/mol. The van der Waals surface area contributed by atoms with Crippen molar-refractivity contribution < 1.29 is 9.53 Å². The lowest BCUT2D eigenvalue weighted by atomic mass is 9.93. The van der Waals surface area contributed by atoms with Crippen LogP contribution in [-0.4, -0.2) is 28.5 Å². The smallest absolute Gasteiger partial charge is 0.255 e. The van der Waals surface area contributed by atoms with Crippen molar-refractivity contribution in [3.05, 3.63) is 102 Å². The van der Waals surface area contributed by atoms with Crippen LogP contribution in [0.2, 0.25) is 0 Å². The molecule has 0 unspecified atom stereocenters. The van der Waals surface area contributed by atoms with Crippen molar-refractivity contribution in [1.29, 1.82) is 0 Å². The van der Waals surface area contributed by atoms with Gasteiger partial charge in [0.05, 0.1) is 13.7 Å². The van der Waals surface area contributed by atoms with E-state index >= 15 is 0 Å². The Morgan fingerprint density at radius 1 is 0.941 bits per heavy atom. The van der Waals surface area contributed by atoms with Crippen molar-refractivity contribution in [2.45, 2.75) is 51.2 Å². The Balaban J connectivity index is 1.46. The molecule has 4 nitrogen and oxygen atoms in total. The maximum atomic E-state index is 14.0. The zero-order valence-electron chi connectivity index (χ0n) is 19.8. The lowest BCUT2D eigenvalue weighted by Crippen LogP contribution is -2.41. The Morgan fingerprint density at radius 3 is 2.59 bits per heavy atom. The van der Waals surface area contributed by atoms with Crippen LogP contribution in [0.25, 0.3) is 10.8 Å². The first-order valence-corrected chi connectivity index (χ1v) is 12.3. The predicted molar refractivity (Wildman–Crippen MR) is 137 cm³/mol. The quantitative estimate of drug-likeness (QED) is 0.314. The Labute approximate surface area is 201 Å². The molecule has 0 atom stereocenters. The largest absolute Gasteiger partial charge is 0.497 e. The van der Waals surface area contributed by atoms with Crippen LogP contribution in [0.5, 0.6) is 5.75 Å². The van der Waals surface area contributed by atoms with Gasteiger partial charge in [-0.25, -0.2) is 0 Å². The van der Waals surface area contributed by atoms with E-state index in [4.69, 9.17) is 4.74 Å². The highest BCUT2D eigenvalue weighted by Crippen LogP contribution is 2.28. The van der Waals surface area contributed by atoms with Gasteiger partial charge in [0, 0.05) is 30.0 Å². The van der Waals surface area contributed by atoms with Crippen molar-refractivity contribution in [3.63, 3.8) is 0 Å². The van der Waals surface area contributed by atoms with Crippen LogP contribution in [0, 0.1) is 0 Å². The van der Waals surface area contributed by atoms with Gasteiger partial charge in [-0.05, 0) is 59.5 Å². The number of carbonyl (C=O) groups is 1. The Hall–Kier alpha value is -3.53. The number of carbonyl (C=O) groups excluding carboxylic acids is 1. The molecule has 1 saturated carbocycles. The van der Waals surface area contributed by atoms with Gasteiger partial charge < -0.3 is 14.2 Å². The lowest BCUT2D eigenvalue weighted by Gasteiger charge is -2.35. The fourth-order valence-corrected chi connectivity index (χ4v) is 5.22. The summed E-state index contributed by atoms with van der Waals surface area (Å²) in [6, 6.07) is 26.9. The molecule has 0 bridgehead atoms. The second-order valence-electron chi connectivity index (χ2n) is 9.23. The number of methoxy groups -OCH3 is 1. The topological polar surface area (TPSA) is 34.5 Å². The Morgan fingerprint density at radius 2 is 1.74 bits per heavy atom. The van der Waals surface area contributed by atoms with Gasteiger partial charge in [0.25, 0.3) is 5.91 Å². The van der Waals surface area contributed by atoms with Crippen LogP contribution < -0.4 is 4.74 Å². The number of amides is 1. The van der Waals surface area contributed by atoms with Crippen molar-refractivity contribution in [1.82, 2.24) is 9.47 Å². The molecule has 1 aromatic heterocycles. The molecule has 34 heavy (non-hydrogen) atoms. The lowest BCUT2D eigenvalue weighted by molar-refractivity contribution is 0.0611. The maximum Gasteiger partial charge on any atom is 0.255 e. The van der Waals surface area contributed by atoms with Gasteiger partial charge in [0.15, 0.2) is 0 Å². The summed E-state index contributed by atoms with van der Waals surface area (Å²) >= 11 is 0. The van der Waals surface area contributed by atoms with E-state index in [0.29, 0.717) is 6.54 Å². The van der Waals surface area contributed by atoms with E-state index in [-0.39, 0.29) is 11.9 Å². The van der Waals surface area contributed by atoms with Crippen LogP contribution >= 0.6 is 0 Å². The summed E-state index contributed by atoms with van der Waals surface area (Å²) < 4.78 is 7.65. The number of benzene rings is 3. The van der Waals surface area contributed by atoms with Crippen molar-refractivity contribution >= 4 is 16.7 Å². The third-order valence-electron chi connectivity index (χ3n) is 7.04. The van der Waals surface area contributed by atoms with E-state index < -0.39 is 0 Å². The summed E-state index contributed by atoms with van der Waals surface area (Å²) in [5.41, 5.74) is 3.14. The molecule has 0 saturated heterocycles. The molecule has 0 aliphatic heterocycles. The number of hydrogen-bond acceptors (Lipinski definition) is 2. The number of fused-ring (bicyclic) bond motifs is 1. The SMILES string of the molecule is COc1cccc(Cn2cccc2CN(C(=O)c2cccc3ccccc23)C2CCCCC2)c1. The molecular formula is C30H32N2O2. The van der Waals surface area contributed by atoms with E-state index in [1.165, 1.54) is 24.8 Å². The molecule has 0 spiro atoms. The summed E-state index contributed by atoms with van der Waals surface area (Å²) in [4.78, 5) is 16.2. The third-order valence-corrected chi connectivity index (χ3v) is 7.04. The minimum atomic E-state index is 0.137. The fourth-order valence-electron chi connectivity index (χ4n) is 5.22. The highest BCUT2D eigenvalue weighted by molar-refractivity contribution is 6.07. The maximum absolute atomic E-state index is 14.0. The molecule has 4 heteroatoms. The molecule has 1 fully saturated rings. The van der Waals surface area contributed by atoms with Crippen LogP contribution in [0.15, 0.2) is 85.1 Å². The molecule has 1 aliphatic carbocycles. The van der Waals surface area contributed by atoms with Gasteiger partial charge in [0.1, 0.15) is 5.75 Å². The number of ether oxygens (including phenoxy) is 1. The summed E-state index contributed by atoms with van der Waals surface area (Å²) in [6.45, 7) is 1.37. The van der Waals surface area contributed by atoms with Crippen LogP contribution in [0.4, 0.5) is 0 Å². The summed E-state index contributed by atoms with van der Waals surface area (Å²) in [5, 5.41) is 2.14. The highest BCUT2D eigenvalue weighted by Gasteiger charge is 2.28. The second-order valence-corrected chi connectivity index (χ2v) is 9.23. The Bertz CT molecular complexity index is 1260. The molecule has 0 radical (unpaired) electrons. The highest BCUT2D eigenvalue weighted by atomic mass is 16.5. The van der Waals surface area contributed by atoms with Gasteiger partial charge in [0.2, 0.25) is 0 Å². The zero-order chi connectivity index (χ0) is 23.3. The van der Waals surface area contributed by atoms with E-state index in [2.05, 4.69) is 58.1 Å². The molecule has 0 N–H and O–H groups in total. The predicted octanol–water partition coefficient (Wildman–Crippen LogP) is 6.67. The molecule has 1 amide bonds. The van der Waals surface area contributed by atoms with E-state index in [0.717, 1.165) is 47.2 Å². The fraction of sp³-hybridized carbons (Fsp3) is 0.300.